The minimum absolute atomic E-state index is 0.0546. The van der Waals surface area contributed by atoms with Crippen molar-refractivity contribution in [2.45, 2.75) is 37.1 Å². The topological polar surface area (TPSA) is 72.5 Å². The number of aryl methyl sites for hydroxylation is 1. The van der Waals surface area contributed by atoms with Crippen molar-refractivity contribution in [2.75, 3.05) is 12.4 Å². The molecule has 2 aromatic rings. The van der Waals surface area contributed by atoms with Crippen LogP contribution in [0.1, 0.15) is 47.3 Å². The summed E-state index contributed by atoms with van der Waals surface area (Å²) in [5.41, 5.74) is 2.63. The van der Waals surface area contributed by atoms with Crippen LogP contribution in [0.3, 0.4) is 0 Å². The van der Waals surface area contributed by atoms with Gasteiger partial charge in [0.05, 0.1) is 27.3 Å². The van der Waals surface area contributed by atoms with Crippen molar-refractivity contribution < 1.29 is 18.5 Å². The van der Waals surface area contributed by atoms with Crippen LogP contribution in [0.15, 0.2) is 53.4 Å². The van der Waals surface area contributed by atoms with Crippen LogP contribution in [0.5, 0.6) is 0 Å². The maximum Gasteiger partial charge on any atom is 0.339 e. The Morgan fingerprint density at radius 3 is 2.70 bits per heavy atom. The normalized spacial score (nSPS) is 16.9. The van der Waals surface area contributed by atoms with Crippen molar-refractivity contribution in [1.29, 1.82) is 0 Å². The number of nitrogens with one attached hydrogen (secondary N) is 1. The van der Waals surface area contributed by atoms with Crippen LogP contribution in [-0.2, 0) is 26.8 Å². The van der Waals surface area contributed by atoms with E-state index in [9.17, 15) is 13.8 Å². The maximum atomic E-state index is 12.3. The molecule has 2 atom stereocenters. The average molecular weight is 385 g/mol. The molecule has 3 rings (SSSR count). The molecule has 1 N–H and O–H groups in total. The molecule has 0 fully saturated rings. The van der Waals surface area contributed by atoms with Gasteiger partial charge in [0.2, 0.25) is 0 Å². The lowest BCUT2D eigenvalue weighted by Gasteiger charge is -2.26. The first-order chi connectivity index (χ1) is 13.1. The molecule has 27 heavy (non-hydrogen) atoms. The number of hydrogen-bond donors (Lipinski definition) is 1. The molecular formula is C21H23NO4S. The lowest BCUT2D eigenvalue weighted by atomic mass is 9.88. The van der Waals surface area contributed by atoms with E-state index in [-0.39, 0.29) is 24.1 Å². The van der Waals surface area contributed by atoms with E-state index in [1.807, 2.05) is 18.2 Å². The van der Waals surface area contributed by atoms with Gasteiger partial charge in [0.15, 0.2) is 6.61 Å². The maximum absolute atomic E-state index is 12.3. The molecule has 0 radical (unpaired) electrons. The second kappa shape index (κ2) is 8.95. The Balaban J connectivity index is 1.61. The van der Waals surface area contributed by atoms with Crippen molar-refractivity contribution in [3.8, 4) is 0 Å². The summed E-state index contributed by atoms with van der Waals surface area (Å²) in [6, 6.07) is 14.7. The van der Waals surface area contributed by atoms with Crippen molar-refractivity contribution in [3.63, 3.8) is 0 Å². The second-order valence-corrected chi connectivity index (χ2v) is 8.13. The molecule has 2 aromatic carbocycles. The number of carbonyl (C=O) groups excluding carboxylic acids is 2. The molecule has 6 heteroatoms. The third-order valence-corrected chi connectivity index (χ3v) is 6.02. The number of carbonyl (C=O) groups is 2. The molecule has 0 heterocycles. The van der Waals surface area contributed by atoms with Gasteiger partial charge in [0, 0.05) is 5.75 Å². The van der Waals surface area contributed by atoms with Crippen LogP contribution in [0.4, 0.5) is 0 Å². The third kappa shape index (κ3) is 4.63. The Morgan fingerprint density at radius 1 is 1.15 bits per heavy atom. The summed E-state index contributed by atoms with van der Waals surface area (Å²) in [5.74, 6) is -0.558. The molecule has 0 saturated carbocycles. The monoisotopic (exact) mass is 385 g/mol. The predicted molar refractivity (Wildman–Crippen MR) is 104 cm³/mol. The molecule has 0 bridgehead atoms. The molecule has 1 aliphatic rings. The zero-order valence-corrected chi connectivity index (χ0v) is 16.1. The Morgan fingerprint density at radius 2 is 1.89 bits per heavy atom. The average Bonchev–Trinajstić information content (AvgIpc) is 2.71. The SMILES string of the molecule is CC[S@@](=O)c1ccccc1C(=O)OCC(=O)N[C@@H]1CCCc2ccccc21. The molecule has 0 aliphatic heterocycles. The first kappa shape index (κ1) is 19.3. The Hall–Kier alpha value is -2.47. The number of esters is 1. The Labute approximate surface area is 161 Å². The Bertz CT molecular complexity index is 865. The van der Waals surface area contributed by atoms with Gasteiger partial charge in [0.1, 0.15) is 0 Å². The van der Waals surface area contributed by atoms with Crippen LogP contribution in [-0.4, -0.2) is 28.4 Å². The van der Waals surface area contributed by atoms with Gasteiger partial charge in [-0.2, -0.15) is 0 Å². The summed E-state index contributed by atoms with van der Waals surface area (Å²) in [6.45, 7) is 1.43. The number of benzene rings is 2. The van der Waals surface area contributed by atoms with Gasteiger partial charge in [-0.25, -0.2) is 4.79 Å². The molecule has 1 aliphatic carbocycles. The van der Waals surface area contributed by atoms with E-state index < -0.39 is 16.8 Å². The summed E-state index contributed by atoms with van der Waals surface area (Å²) in [6.07, 6.45) is 2.90. The van der Waals surface area contributed by atoms with E-state index in [2.05, 4.69) is 11.4 Å². The molecule has 0 aromatic heterocycles. The first-order valence-corrected chi connectivity index (χ1v) is 10.4. The van der Waals surface area contributed by atoms with Crippen molar-refractivity contribution in [3.05, 3.63) is 65.2 Å². The van der Waals surface area contributed by atoms with E-state index in [0.717, 1.165) is 24.8 Å². The summed E-state index contributed by atoms with van der Waals surface area (Å²) in [7, 11) is -1.27. The van der Waals surface area contributed by atoms with E-state index in [1.165, 1.54) is 5.56 Å². The highest BCUT2D eigenvalue weighted by Gasteiger charge is 2.22. The lowest BCUT2D eigenvalue weighted by Crippen LogP contribution is -2.34. The smallest absolute Gasteiger partial charge is 0.339 e. The number of rotatable bonds is 6. The Kier molecular flexibility index (Phi) is 6.40. The number of amides is 1. The highest BCUT2D eigenvalue weighted by atomic mass is 32.2. The highest BCUT2D eigenvalue weighted by Crippen LogP contribution is 2.29. The van der Waals surface area contributed by atoms with E-state index in [1.54, 1.807) is 31.2 Å². The van der Waals surface area contributed by atoms with Crippen LogP contribution >= 0.6 is 0 Å². The first-order valence-electron chi connectivity index (χ1n) is 9.12. The number of fused-ring (bicyclic) bond motifs is 1. The van der Waals surface area contributed by atoms with Crippen LogP contribution < -0.4 is 5.32 Å². The van der Waals surface area contributed by atoms with Gasteiger partial charge in [-0.1, -0.05) is 43.3 Å². The summed E-state index contributed by atoms with van der Waals surface area (Å²) < 4.78 is 17.2. The zero-order chi connectivity index (χ0) is 19.2. The minimum atomic E-state index is -1.27. The van der Waals surface area contributed by atoms with Gasteiger partial charge in [-0.05, 0) is 42.5 Å². The molecule has 0 saturated heterocycles. The van der Waals surface area contributed by atoms with Crippen LogP contribution in [0.25, 0.3) is 0 Å². The predicted octanol–water partition coefficient (Wildman–Crippen LogP) is 3.16. The van der Waals surface area contributed by atoms with E-state index >= 15 is 0 Å². The zero-order valence-electron chi connectivity index (χ0n) is 15.3. The van der Waals surface area contributed by atoms with Crippen LogP contribution in [0.2, 0.25) is 0 Å². The van der Waals surface area contributed by atoms with Gasteiger partial charge in [0.25, 0.3) is 5.91 Å². The molecule has 142 valence electrons. The summed E-state index contributed by atoms with van der Waals surface area (Å²) >= 11 is 0. The standard InChI is InChI=1S/C21H23NO4S/c1-2-27(25)19-13-6-5-11-17(19)21(24)26-14-20(23)22-18-12-7-9-15-8-3-4-10-16(15)18/h3-6,8,10-11,13,18H,2,7,9,12,14H2,1H3,(H,22,23)/t18-,27-/m1/s1. The van der Waals surface area contributed by atoms with Crippen molar-refractivity contribution in [1.82, 2.24) is 5.32 Å². The van der Waals surface area contributed by atoms with Gasteiger partial charge in [-0.3, -0.25) is 9.00 Å². The second-order valence-electron chi connectivity index (χ2n) is 6.42. The molecule has 5 nitrogen and oxygen atoms in total. The largest absolute Gasteiger partial charge is 0.452 e. The molecular weight excluding hydrogens is 362 g/mol. The fraction of sp³-hybridized carbons (Fsp3) is 0.333. The quantitative estimate of drug-likeness (QED) is 0.776. The molecule has 0 spiro atoms. The fourth-order valence-corrected chi connectivity index (χ4v) is 4.28. The molecule has 0 unspecified atom stereocenters. The number of ether oxygens (including phenoxy) is 1. The number of hydrogen-bond acceptors (Lipinski definition) is 4. The van der Waals surface area contributed by atoms with Gasteiger partial charge >= 0.3 is 5.97 Å². The fourth-order valence-electron chi connectivity index (χ4n) is 3.34. The third-order valence-electron chi connectivity index (χ3n) is 4.65. The van der Waals surface area contributed by atoms with Crippen LogP contribution in [0, 0.1) is 0 Å². The van der Waals surface area contributed by atoms with Crippen molar-refractivity contribution in [2.24, 2.45) is 0 Å². The van der Waals surface area contributed by atoms with Gasteiger partial charge in [-0.15, -0.1) is 0 Å². The highest BCUT2D eigenvalue weighted by molar-refractivity contribution is 7.85. The van der Waals surface area contributed by atoms with Crippen molar-refractivity contribution >= 4 is 22.7 Å². The molecule has 1 amide bonds. The summed E-state index contributed by atoms with van der Waals surface area (Å²) in [5, 5.41) is 2.95. The lowest BCUT2D eigenvalue weighted by molar-refractivity contribution is -0.125. The minimum Gasteiger partial charge on any atom is -0.452 e. The van der Waals surface area contributed by atoms with E-state index in [0.29, 0.717) is 10.6 Å². The van der Waals surface area contributed by atoms with E-state index in [4.69, 9.17) is 4.74 Å². The van der Waals surface area contributed by atoms with Gasteiger partial charge < -0.3 is 10.1 Å². The summed E-state index contributed by atoms with van der Waals surface area (Å²) in [4.78, 5) is 25.1.